The van der Waals surface area contributed by atoms with Crippen LogP contribution in [0.25, 0.3) is 0 Å². The van der Waals surface area contributed by atoms with Gasteiger partial charge in [-0.15, -0.1) is 11.3 Å². The van der Waals surface area contributed by atoms with Gasteiger partial charge in [0.1, 0.15) is 0 Å². The lowest BCUT2D eigenvalue weighted by atomic mass is 10.1. The van der Waals surface area contributed by atoms with Gasteiger partial charge >= 0.3 is 0 Å². The molecule has 0 N–H and O–H groups in total. The lowest BCUT2D eigenvalue weighted by Crippen LogP contribution is -1.88. The first-order chi connectivity index (χ1) is 6.63. The minimum absolute atomic E-state index is 0.603. The molecule has 0 aliphatic heterocycles. The van der Waals surface area contributed by atoms with Gasteiger partial charge in [-0.3, -0.25) is 0 Å². The van der Waals surface area contributed by atoms with Crippen LogP contribution in [0.5, 0.6) is 0 Å². The Morgan fingerprint density at radius 2 is 1.79 bits per heavy atom. The highest BCUT2D eigenvalue weighted by Crippen LogP contribution is 2.23. The summed E-state index contributed by atoms with van der Waals surface area (Å²) < 4.78 is 0. The second kappa shape index (κ2) is 5.16. The summed E-state index contributed by atoms with van der Waals surface area (Å²) in [6.45, 7) is 8.88. The number of hydrogen-bond acceptors (Lipinski definition) is 1. The van der Waals surface area contributed by atoms with Crippen LogP contribution < -0.4 is 0 Å². The highest BCUT2D eigenvalue weighted by molar-refractivity contribution is 7.09. The molecule has 0 spiro atoms. The topological polar surface area (TPSA) is 0 Å². The van der Waals surface area contributed by atoms with Gasteiger partial charge in [-0.05, 0) is 36.3 Å². The third kappa shape index (κ3) is 2.85. The number of rotatable bonds is 1. The fourth-order valence-electron chi connectivity index (χ4n) is 1.40. The van der Waals surface area contributed by atoms with E-state index >= 15 is 0 Å². The smallest absolute Gasteiger partial charge is 0.0102 e. The Kier molecular flexibility index (Phi) is 4.15. The standard InChI is InChI=1S/C13H18S/c1-10(2)13-12(4)11(3)8-6-5-7-9-14-13/h5-10H,1-4H3. The zero-order chi connectivity index (χ0) is 10.6. The van der Waals surface area contributed by atoms with Gasteiger partial charge in [0.25, 0.3) is 0 Å². The van der Waals surface area contributed by atoms with Crippen LogP contribution in [0.3, 0.4) is 0 Å². The fourth-order valence-corrected chi connectivity index (χ4v) is 2.32. The highest BCUT2D eigenvalue weighted by atomic mass is 32.1. The molecule has 1 heteroatoms. The van der Waals surface area contributed by atoms with Crippen LogP contribution in [0.1, 0.15) is 35.8 Å². The second-order valence-electron chi connectivity index (χ2n) is 3.82. The predicted molar refractivity (Wildman–Crippen MR) is 65.5 cm³/mol. The summed E-state index contributed by atoms with van der Waals surface area (Å²) in [6.07, 6.45) is 0. The zero-order valence-electron chi connectivity index (χ0n) is 9.37. The Morgan fingerprint density at radius 3 is 2.43 bits per heavy atom. The maximum atomic E-state index is 2.25. The summed E-state index contributed by atoms with van der Waals surface area (Å²) in [6, 6.07) is 8.44. The van der Waals surface area contributed by atoms with E-state index in [1.54, 1.807) is 0 Å². The Hall–Kier alpha value is -0.820. The molecular formula is C13H18S. The highest BCUT2D eigenvalue weighted by Gasteiger charge is 2.02. The van der Waals surface area contributed by atoms with Crippen LogP contribution in [0.2, 0.25) is 0 Å². The van der Waals surface area contributed by atoms with E-state index in [0.717, 1.165) is 0 Å². The van der Waals surface area contributed by atoms with Crippen LogP contribution in [0, 0.1) is 13.8 Å². The molecule has 1 aromatic rings. The molecule has 0 fully saturated rings. The Bertz CT molecular complexity index is 346. The lowest BCUT2D eigenvalue weighted by molar-refractivity contribution is 0.877. The number of hydrogen-bond donors (Lipinski definition) is 0. The summed E-state index contributed by atoms with van der Waals surface area (Å²) >= 11 is 1.84. The molecule has 0 nitrogen and oxygen atoms in total. The van der Waals surface area contributed by atoms with Gasteiger partial charge in [0, 0.05) is 4.88 Å². The predicted octanol–water partition coefficient (Wildman–Crippen LogP) is 4.61. The monoisotopic (exact) mass is 206 g/mol. The van der Waals surface area contributed by atoms with Gasteiger partial charge in [0.2, 0.25) is 0 Å². The van der Waals surface area contributed by atoms with E-state index in [9.17, 15) is 0 Å². The zero-order valence-corrected chi connectivity index (χ0v) is 10.2. The van der Waals surface area contributed by atoms with E-state index in [2.05, 4.69) is 57.3 Å². The van der Waals surface area contributed by atoms with E-state index < -0.39 is 0 Å². The molecule has 0 bridgehead atoms. The molecule has 0 saturated heterocycles. The minimum atomic E-state index is 0.603. The van der Waals surface area contributed by atoms with Gasteiger partial charge in [-0.1, -0.05) is 38.1 Å². The molecule has 0 atom stereocenters. The first-order valence-corrected chi connectivity index (χ1v) is 5.88. The van der Waals surface area contributed by atoms with Crippen molar-refractivity contribution in [3.8, 4) is 0 Å². The van der Waals surface area contributed by atoms with E-state index in [1.807, 2.05) is 11.3 Å². The molecule has 0 amide bonds. The summed E-state index contributed by atoms with van der Waals surface area (Å²) in [5.41, 5.74) is 2.78. The van der Waals surface area contributed by atoms with Crippen molar-refractivity contribution in [1.82, 2.24) is 0 Å². The lowest BCUT2D eigenvalue weighted by Gasteiger charge is -2.07. The van der Waals surface area contributed by atoms with Gasteiger partial charge in [0.05, 0.1) is 0 Å². The molecule has 0 radical (unpaired) electrons. The molecule has 1 aromatic heterocycles. The summed E-state index contributed by atoms with van der Waals surface area (Å²) in [5.74, 6) is 0.603. The Labute approximate surface area is 90.9 Å². The Balaban J connectivity index is 3.45. The van der Waals surface area contributed by atoms with E-state index in [1.165, 1.54) is 16.0 Å². The molecule has 14 heavy (non-hydrogen) atoms. The first kappa shape index (κ1) is 11.3. The summed E-state index contributed by atoms with van der Waals surface area (Å²) in [4.78, 5) is 1.47. The normalized spacial score (nSPS) is 10.1. The third-order valence-corrected chi connectivity index (χ3v) is 3.65. The molecule has 0 saturated carbocycles. The maximum Gasteiger partial charge on any atom is 0.0102 e. The molecule has 1 rings (SSSR count). The molecule has 0 aliphatic rings. The van der Waals surface area contributed by atoms with Crippen molar-refractivity contribution < 1.29 is 0 Å². The average Bonchev–Trinajstić information content (AvgIpc) is 2.20. The van der Waals surface area contributed by atoms with E-state index in [0.29, 0.717) is 5.92 Å². The van der Waals surface area contributed by atoms with Gasteiger partial charge in [0.15, 0.2) is 0 Å². The van der Waals surface area contributed by atoms with Crippen molar-refractivity contribution >= 4 is 11.3 Å². The molecule has 0 aromatic carbocycles. The van der Waals surface area contributed by atoms with Crippen molar-refractivity contribution in [2.75, 3.05) is 0 Å². The van der Waals surface area contributed by atoms with Crippen molar-refractivity contribution in [1.29, 1.82) is 0 Å². The molecule has 0 unspecified atom stereocenters. The van der Waals surface area contributed by atoms with Gasteiger partial charge in [-0.2, -0.15) is 0 Å². The molecule has 1 heterocycles. The summed E-state index contributed by atoms with van der Waals surface area (Å²) in [7, 11) is 0. The quantitative estimate of drug-likeness (QED) is 0.629. The van der Waals surface area contributed by atoms with Crippen LogP contribution in [-0.2, 0) is 0 Å². The fraction of sp³-hybridized carbons (Fsp3) is 0.385. The maximum absolute atomic E-state index is 2.25. The average molecular weight is 206 g/mol. The van der Waals surface area contributed by atoms with E-state index in [-0.39, 0.29) is 0 Å². The summed E-state index contributed by atoms with van der Waals surface area (Å²) in [5, 5.41) is 2.15. The van der Waals surface area contributed by atoms with Gasteiger partial charge < -0.3 is 0 Å². The van der Waals surface area contributed by atoms with Crippen molar-refractivity contribution in [2.24, 2.45) is 0 Å². The van der Waals surface area contributed by atoms with Crippen LogP contribution in [-0.4, -0.2) is 0 Å². The molecule has 0 aliphatic carbocycles. The van der Waals surface area contributed by atoms with E-state index in [4.69, 9.17) is 0 Å². The number of aryl methyl sites for hydroxylation is 1. The third-order valence-electron chi connectivity index (χ3n) is 2.33. The van der Waals surface area contributed by atoms with Crippen LogP contribution in [0.15, 0.2) is 29.6 Å². The largest absolute Gasteiger partial charge is 0.148 e. The van der Waals surface area contributed by atoms with Crippen molar-refractivity contribution in [3.05, 3.63) is 45.6 Å². The second-order valence-corrected chi connectivity index (χ2v) is 4.77. The molecular weight excluding hydrogens is 188 g/mol. The first-order valence-electron chi connectivity index (χ1n) is 5.01. The Morgan fingerprint density at radius 1 is 1.07 bits per heavy atom. The van der Waals surface area contributed by atoms with Crippen molar-refractivity contribution in [3.63, 3.8) is 0 Å². The minimum Gasteiger partial charge on any atom is -0.148 e. The van der Waals surface area contributed by atoms with Gasteiger partial charge in [-0.25, -0.2) is 0 Å². The van der Waals surface area contributed by atoms with Crippen LogP contribution in [0.4, 0.5) is 0 Å². The van der Waals surface area contributed by atoms with Crippen LogP contribution >= 0.6 is 11.3 Å². The SMILES string of the molecule is Cc1cccccsc(C(C)C)c1C. The van der Waals surface area contributed by atoms with Crippen molar-refractivity contribution in [2.45, 2.75) is 33.6 Å². The molecule has 76 valence electrons.